The number of para-hydroxylation sites is 1. The van der Waals surface area contributed by atoms with E-state index in [9.17, 15) is 0 Å². The number of nitrogen functional groups attached to an aromatic ring is 1. The topological polar surface area (TPSA) is 26.0 Å². The van der Waals surface area contributed by atoms with Gasteiger partial charge in [0.25, 0.3) is 0 Å². The van der Waals surface area contributed by atoms with E-state index in [-0.39, 0.29) is 40.0 Å². The van der Waals surface area contributed by atoms with E-state index in [2.05, 4.69) is 0 Å². The van der Waals surface area contributed by atoms with E-state index in [1.165, 1.54) is 0 Å². The molecule has 0 aromatic heterocycles. The minimum Gasteiger partial charge on any atom is -1.00 e. The predicted molar refractivity (Wildman–Crippen MR) is 36.6 cm³/mol. The Morgan fingerprint density at radius 3 is 1.67 bits per heavy atom. The molecule has 2 N–H and O–H groups in total. The molecule has 0 heterocycles. The van der Waals surface area contributed by atoms with Crippen LogP contribution in [0.15, 0.2) is 30.3 Å². The quantitative estimate of drug-likeness (QED) is 0.374. The number of rotatable bonds is 0. The Hall–Kier alpha value is 0.266. The van der Waals surface area contributed by atoms with Gasteiger partial charge in [-0.2, -0.15) is 0 Å². The smallest absolute Gasteiger partial charge is 1.00 e. The van der Waals surface area contributed by atoms with Crippen LogP contribution in [0.2, 0.25) is 0 Å². The monoisotopic (exact) mass is 196 g/mol. The fourth-order valence-electron chi connectivity index (χ4n) is 0.453. The summed E-state index contributed by atoms with van der Waals surface area (Å²) in [7, 11) is 0. The first-order chi connectivity index (χ1) is 3.39. The summed E-state index contributed by atoms with van der Waals surface area (Å²) < 4.78 is 0. The van der Waals surface area contributed by atoms with Crippen molar-refractivity contribution < 1.29 is 17.0 Å². The molecule has 0 saturated carbocycles. The summed E-state index contributed by atoms with van der Waals surface area (Å²) in [5.74, 6) is 0. The molecule has 1 aromatic rings. The Bertz CT molecular complexity index is 143. The molecule has 0 atom stereocenters. The van der Waals surface area contributed by atoms with Crippen LogP contribution in [-0.4, -0.2) is 23.1 Å². The van der Waals surface area contributed by atoms with Gasteiger partial charge in [0.15, 0.2) is 0 Å². The van der Waals surface area contributed by atoms with Gasteiger partial charge in [-0.3, -0.25) is 0 Å². The normalized spacial score (nSPS) is 6.67. The maximum atomic E-state index is 5.36. The maximum Gasteiger partial charge on any atom is 2.00 e. The average molecular weight is 197 g/mol. The molecule has 1 rings (SSSR count). The predicted octanol–water partition coefficient (Wildman–Crippen LogP) is -2.11. The molecule has 0 spiro atoms. The van der Waals surface area contributed by atoms with E-state index in [0.29, 0.717) is 0 Å². The Labute approximate surface area is 81.6 Å². The minimum absolute atomic E-state index is 0. The van der Waals surface area contributed by atoms with Crippen LogP contribution < -0.4 is 22.7 Å². The van der Waals surface area contributed by atoms with Gasteiger partial charge < -0.3 is 22.7 Å². The van der Waals surface area contributed by atoms with Crippen LogP contribution in [0, 0.1) is 0 Å². The summed E-state index contributed by atoms with van der Waals surface area (Å²) in [6, 6.07) is 9.49. The Balaban J connectivity index is 0. The van der Waals surface area contributed by atoms with Crippen LogP contribution in [0.1, 0.15) is 0 Å². The molecule has 0 aliphatic heterocycles. The Morgan fingerprint density at radius 2 is 1.44 bits per heavy atom. The van der Waals surface area contributed by atoms with Crippen LogP contribution in [-0.2, 0) is 0 Å². The summed E-state index contributed by atoms with van der Waals surface area (Å²) in [5, 5.41) is 0. The van der Waals surface area contributed by atoms with Crippen molar-refractivity contribution in [2.24, 2.45) is 0 Å². The molecule has 0 amide bonds. The molecule has 0 fully saturated rings. The van der Waals surface area contributed by atoms with Crippen molar-refractivity contribution in [1.29, 1.82) is 0 Å². The molecular weight excluding hydrogens is 190 g/mol. The van der Waals surface area contributed by atoms with Crippen molar-refractivity contribution in [1.82, 2.24) is 0 Å². The van der Waals surface area contributed by atoms with Crippen LogP contribution in [0.3, 0.4) is 0 Å². The fourth-order valence-corrected chi connectivity index (χ4v) is 0.453. The molecule has 0 aliphatic rings. The summed E-state index contributed by atoms with van der Waals surface area (Å²) in [6.07, 6.45) is 0. The minimum atomic E-state index is 0. The molecule has 3 heteroatoms. The van der Waals surface area contributed by atoms with Crippen molar-refractivity contribution in [3.63, 3.8) is 0 Å². The Kier molecular flexibility index (Phi) is 8.51. The second-order valence-corrected chi connectivity index (χ2v) is 1.41. The number of halogens is 1. The molecule has 1 aromatic carbocycles. The van der Waals surface area contributed by atoms with Crippen LogP contribution in [0.5, 0.6) is 0 Å². The second-order valence-electron chi connectivity index (χ2n) is 1.41. The van der Waals surface area contributed by atoms with Crippen molar-refractivity contribution in [3.05, 3.63) is 30.3 Å². The van der Waals surface area contributed by atoms with E-state index in [1.54, 1.807) is 0 Å². The van der Waals surface area contributed by atoms with Crippen LogP contribution in [0.4, 0.5) is 5.69 Å². The molecule has 0 saturated heterocycles. The molecule has 0 radical (unpaired) electrons. The van der Waals surface area contributed by atoms with Gasteiger partial charge in [-0.1, -0.05) is 18.2 Å². The maximum absolute atomic E-state index is 5.36. The molecule has 0 bridgehead atoms. The molecule has 44 valence electrons. The Morgan fingerprint density at radius 1 is 1.00 bits per heavy atom. The summed E-state index contributed by atoms with van der Waals surface area (Å²) in [6.45, 7) is 0. The molecule has 1 nitrogen and oxygen atoms in total. The standard InChI is InChI=1S/C6H7N.BrH.Mg/c7-6-4-2-1-3-5-6;;/h1-5H,7H2;1H;/q;;+2/p-1. The first kappa shape index (κ1) is 12.0. The zero-order chi connectivity index (χ0) is 5.11. The largest absolute Gasteiger partial charge is 2.00 e. The third kappa shape index (κ3) is 4.75. The third-order valence-corrected chi connectivity index (χ3v) is 0.800. The first-order valence-electron chi connectivity index (χ1n) is 2.20. The average Bonchev–Trinajstić information content (AvgIpc) is 1.69. The first-order valence-corrected chi connectivity index (χ1v) is 2.20. The van der Waals surface area contributed by atoms with Gasteiger partial charge in [0.1, 0.15) is 0 Å². The van der Waals surface area contributed by atoms with Crippen molar-refractivity contribution in [3.8, 4) is 0 Å². The second kappa shape index (κ2) is 6.39. The molecular formula is C6H7BrMgN+. The molecule has 0 unspecified atom stereocenters. The van der Waals surface area contributed by atoms with Crippen molar-refractivity contribution >= 4 is 28.7 Å². The van der Waals surface area contributed by atoms with Crippen molar-refractivity contribution in [2.75, 3.05) is 5.73 Å². The van der Waals surface area contributed by atoms with Gasteiger partial charge in [0.2, 0.25) is 0 Å². The number of benzene rings is 1. The zero-order valence-electron chi connectivity index (χ0n) is 5.05. The van der Waals surface area contributed by atoms with E-state index < -0.39 is 0 Å². The van der Waals surface area contributed by atoms with Gasteiger partial charge in [-0.15, -0.1) is 0 Å². The summed E-state index contributed by atoms with van der Waals surface area (Å²) in [4.78, 5) is 0. The van der Waals surface area contributed by atoms with Gasteiger partial charge in [0.05, 0.1) is 0 Å². The van der Waals surface area contributed by atoms with E-state index in [4.69, 9.17) is 5.73 Å². The molecule has 0 aliphatic carbocycles. The molecule has 9 heavy (non-hydrogen) atoms. The number of nitrogens with two attached hydrogens (primary N) is 1. The van der Waals surface area contributed by atoms with Crippen LogP contribution in [0.25, 0.3) is 0 Å². The number of hydrogen-bond acceptors (Lipinski definition) is 1. The SMILES string of the molecule is Nc1ccccc1.[Br-].[Mg+2]. The van der Waals surface area contributed by atoms with Crippen LogP contribution >= 0.6 is 0 Å². The van der Waals surface area contributed by atoms with Gasteiger partial charge in [0, 0.05) is 5.69 Å². The van der Waals surface area contributed by atoms with Gasteiger partial charge in [-0.25, -0.2) is 0 Å². The number of hydrogen-bond donors (Lipinski definition) is 1. The zero-order valence-corrected chi connectivity index (χ0v) is 8.05. The third-order valence-electron chi connectivity index (χ3n) is 0.800. The van der Waals surface area contributed by atoms with Gasteiger partial charge in [-0.05, 0) is 12.1 Å². The summed E-state index contributed by atoms with van der Waals surface area (Å²) in [5.41, 5.74) is 6.18. The number of anilines is 1. The van der Waals surface area contributed by atoms with E-state index in [0.717, 1.165) is 5.69 Å². The summed E-state index contributed by atoms with van der Waals surface area (Å²) >= 11 is 0. The van der Waals surface area contributed by atoms with Gasteiger partial charge >= 0.3 is 23.1 Å². The fraction of sp³-hybridized carbons (Fsp3) is 0. The van der Waals surface area contributed by atoms with Crippen molar-refractivity contribution in [2.45, 2.75) is 0 Å². The van der Waals surface area contributed by atoms with E-state index in [1.807, 2.05) is 30.3 Å². The van der Waals surface area contributed by atoms with E-state index >= 15 is 0 Å².